The summed E-state index contributed by atoms with van der Waals surface area (Å²) in [6.45, 7) is 0. The third-order valence-electron chi connectivity index (χ3n) is 3.97. The van der Waals surface area contributed by atoms with Gasteiger partial charge in [0, 0.05) is 6.42 Å². The Balaban J connectivity index is 2.00. The van der Waals surface area contributed by atoms with E-state index in [0.717, 1.165) is 0 Å². The molecular formula is C18H20N2O8S. The van der Waals surface area contributed by atoms with E-state index in [-0.39, 0.29) is 24.3 Å². The molecule has 156 valence electrons. The van der Waals surface area contributed by atoms with E-state index in [1.807, 2.05) is 0 Å². The zero-order chi connectivity index (χ0) is 21.6. The highest BCUT2D eigenvalue weighted by molar-refractivity contribution is 7.74. The van der Waals surface area contributed by atoms with Gasteiger partial charge in [-0.15, -0.1) is 0 Å². The summed E-state index contributed by atoms with van der Waals surface area (Å²) in [6, 6.07) is 7.50. The van der Waals surface area contributed by atoms with Crippen LogP contribution in [-0.4, -0.2) is 48.0 Å². The minimum Gasteiger partial charge on any atom is -0.508 e. The maximum Gasteiger partial charge on any atom is 0.357 e. The van der Waals surface area contributed by atoms with Gasteiger partial charge in [-0.2, -0.15) is 4.21 Å². The molecule has 0 saturated heterocycles. The van der Waals surface area contributed by atoms with Crippen molar-refractivity contribution in [1.82, 2.24) is 5.32 Å². The topological polar surface area (TPSA) is 179 Å². The van der Waals surface area contributed by atoms with Gasteiger partial charge in [-0.1, -0.05) is 18.2 Å². The lowest BCUT2D eigenvalue weighted by molar-refractivity contribution is -0.141. The lowest BCUT2D eigenvalue weighted by Crippen LogP contribution is -2.50. The maximum absolute atomic E-state index is 12.3. The van der Waals surface area contributed by atoms with E-state index >= 15 is 0 Å². The molecule has 2 rings (SSSR count). The maximum atomic E-state index is 12.3. The summed E-state index contributed by atoms with van der Waals surface area (Å²) in [5, 5.41) is 30.8. The van der Waals surface area contributed by atoms with E-state index in [2.05, 4.69) is 9.50 Å². The number of carbonyl (C=O) groups excluding carboxylic acids is 1. The molecule has 0 aromatic heterocycles. The van der Waals surface area contributed by atoms with E-state index in [0.29, 0.717) is 11.1 Å². The fraction of sp³-hybridized carbons (Fsp3) is 0.222. The highest BCUT2D eigenvalue weighted by atomic mass is 32.2. The van der Waals surface area contributed by atoms with Crippen molar-refractivity contribution in [3.05, 3.63) is 53.6 Å². The quantitative estimate of drug-likeness (QED) is 0.309. The van der Waals surface area contributed by atoms with Crippen molar-refractivity contribution in [3.8, 4) is 17.2 Å². The minimum atomic E-state index is -2.60. The molecule has 2 aromatic carbocycles. The van der Waals surface area contributed by atoms with Crippen molar-refractivity contribution in [1.29, 1.82) is 0 Å². The van der Waals surface area contributed by atoms with Gasteiger partial charge in [-0.25, -0.2) is 4.79 Å². The number of benzene rings is 2. The van der Waals surface area contributed by atoms with Crippen molar-refractivity contribution in [2.24, 2.45) is 5.73 Å². The van der Waals surface area contributed by atoms with E-state index < -0.39 is 41.1 Å². The van der Waals surface area contributed by atoms with Crippen LogP contribution in [0, 0.1) is 0 Å². The Morgan fingerprint density at radius 3 is 2.24 bits per heavy atom. The molecule has 7 N–H and O–H groups in total. The summed E-state index contributed by atoms with van der Waals surface area (Å²) in [6.07, 6.45) is -0.0212. The molecule has 10 nitrogen and oxygen atoms in total. The van der Waals surface area contributed by atoms with Gasteiger partial charge in [0.25, 0.3) is 0 Å². The van der Waals surface area contributed by atoms with Crippen LogP contribution in [0.5, 0.6) is 17.2 Å². The normalized spacial score (nSPS) is 13.9. The lowest BCUT2D eigenvalue weighted by atomic mass is 10.0. The van der Waals surface area contributed by atoms with E-state index in [9.17, 15) is 29.1 Å². The molecule has 0 aliphatic heterocycles. The van der Waals surface area contributed by atoms with Crippen LogP contribution in [-0.2, 0) is 33.8 Å². The number of carboxylic acids is 1. The summed E-state index contributed by atoms with van der Waals surface area (Å²) in [5.74, 6) is -2.53. The van der Waals surface area contributed by atoms with Crippen LogP contribution in [0.3, 0.4) is 0 Å². The number of hydrogen-bond donors (Lipinski definition) is 6. The Bertz CT molecular complexity index is 903. The number of phenols is 2. The number of hydrogen-bond acceptors (Lipinski definition) is 7. The van der Waals surface area contributed by atoms with Crippen LogP contribution in [0.15, 0.2) is 42.5 Å². The molecule has 3 atom stereocenters. The molecule has 11 heteroatoms. The summed E-state index contributed by atoms with van der Waals surface area (Å²) >= 11 is -2.60. The highest BCUT2D eigenvalue weighted by Crippen LogP contribution is 2.27. The Labute approximate surface area is 168 Å². The van der Waals surface area contributed by atoms with E-state index in [1.54, 1.807) is 12.1 Å². The molecule has 0 aliphatic carbocycles. The van der Waals surface area contributed by atoms with Crippen LogP contribution in [0.25, 0.3) is 0 Å². The van der Waals surface area contributed by atoms with Crippen LogP contribution >= 0.6 is 0 Å². The number of amides is 1. The monoisotopic (exact) mass is 424 g/mol. The third kappa shape index (κ3) is 6.75. The molecule has 1 amide bonds. The first kappa shape index (κ1) is 22.1. The predicted octanol–water partition coefficient (Wildman–Crippen LogP) is 0.295. The molecule has 0 spiro atoms. The molecule has 0 radical (unpaired) electrons. The Kier molecular flexibility index (Phi) is 7.53. The number of aliphatic carboxylic acids is 1. The number of phenolic OH excluding ortho intramolecular Hbond substituents is 2. The van der Waals surface area contributed by atoms with Gasteiger partial charge in [0.05, 0.1) is 6.04 Å². The van der Waals surface area contributed by atoms with Gasteiger partial charge < -0.3 is 30.6 Å². The number of nitrogens with one attached hydrogen (secondary N) is 1. The first-order valence-electron chi connectivity index (χ1n) is 8.33. The number of carboxylic acid groups (broad SMARTS) is 1. The van der Waals surface area contributed by atoms with Crippen molar-refractivity contribution in [3.63, 3.8) is 0 Å². The fourth-order valence-corrected chi connectivity index (χ4v) is 2.82. The Hall–Kier alpha value is -3.15. The Morgan fingerprint density at radius 1 is 1.07 bits per heavy atom. The number of nitrogens with two attached hydrogens (primary N) is 1. The van der Waals surface area contributed by atoms with Gasteiger partial charge in [-0.05, 0) is 41.8 Å². The second-order valence-corrected chi connectivity index (χ2v) is 6.78. The van der Waals surface area contributed by atoms with Crippen LogP contribution in [0.4, 0.5) is 0 Å². The van der Waals surface area contributed by atoms with Gasteiger partial charge in [0.15, 0.2) is 11.5 Å². The highest BCUT2D eigenvalue weighted by Gasteiger charge is 2.24. The van der Waals surface area contributed by atoms with Crippen LogP contribution in [0.2, 0.25) is 0 Å². The predicted molar refractivity (Wildman–Crippen MR) is 103 cm³/mol. The lowest BCUT2D eigenvalue weighted by Gasteiger charge is -2.18. The van der Waals surface area contributed by atoms with Crippen LogP contribution < -0.4 is 15.2 Å². The van der Waals surface area contributed by atoms with Crippen molar-refractivity contribution >= 4 is 23.2 Å². The number of aromatic hydroxyl groups is 2. The molecule has 1 unspecified atom stereocenters. The zero-order valence-electron chi connectivity index (χ0n) is 15.0. The largest absolute Gasteiger partial charge is 0.508 e. The van der Waals surface area contributed by atoms with Crippen molar-refractivity contribution in [2.45, 2.75) is 24.9 Å². The van der Waals surface area contributed by atoms with Crippen LogP contribution in [0.1, 0.15) is 11.1 Å². The zero-order valence-corrected chi connectivity index (χ0v) is 15.8. The molecule has 0 aliphatic rings. The molecule has 0 saturated carbocycles. The molecular weight excluding hydrogens is 404 g/mol. The summed E-state index contributed by atoms with van der Waals surface area (Å²) in [4.78, 5) is 23.8. The average molecular weight is 424 g/mol. The van der Waals surface area contributed by atoms with Gasteiger partial charge in [0.2, 0.25) is 5.91 Å². The second kappa shape index (κ2) is 9.87. The summed E-state index contributed by atoms with van der Waals surface area (Å²) in [5.41, 5.74) is 6.88. The van der Waals surface area contributed by atoms with Crippen molar-refractivity contribution in [2.75, 3.05) is 0 Å². The van der Waals surface area contributed by atoms with Gasteiger partial charge >= 0.3 is 17.3 Å². The molecule has 0 bridgehead atoms. The second-order valence-electron chi connectivity index (χ2n) is 6.18. The first-order valence-corrected chi connectivity index (χ1v) is 9.36. The number of carbonyl (C=O) groups is 2. The van der Waals surface area contributed by atoms with Gasteiger partial charge in [-0.3, -0.25) is 9.35 Å². The summed E-state index contributed by atoms with van der Waals surface area (Å²) < 4.78 is 23.8. The molecule has 0 heterocycles. The third-order valence-corrected chi connectivity index (χ3v) is 4.29. The standard InChI is InChI=1S/C18H20N2O8S/c19-13(7-11-3-6-16(15(22)9-11)28-29(26)27)17(23)20-14(18(24)25)8-10-1-4-12(21)5-2-10/h1-6,9,13-14,21-22H,7-8,19H2,(H,20,23)(H,24,25)(H,26,27)/t13-,14-/m0/s1. The number of rotatable bonds is 9. The van der Waals surface area contributed by atoms with Gasteiger partial charge in [0.1, 0.15) is 11.8 Å². The smallest absolute Gasteiger partial charge is 0.357 e. The molecule has 0 fully saturated rings. The minimum absolute atomic E-state index is 0.000797. The first-order chi connectivity index (χ1) is 13.7. The average Bonchev–Trinajstić information content (AvgIpc) is 2.64. The summed E-state index contributed by atoms with van der Waals surface area (Å²) in [7, 11) is 0. The van der Waals surface area contributed by atoms with E-state index in [1.165, 1.54) is 30.3 Å². The molecule has 29 heavy (non-hydrogen) atoms. The van der Waals surface area contributed by atoms with E-state index in [4.69, 9.17) is 10.3 Å². The Morgan fingerprint density at radius 2 is 1.69 bits per heavy atom. The SMILES string of the molecule is N[C@@H](Cc1ccc(OS(=O)O)c(O)c1)C(=O)N[C@@H](Cc1ccc(O)cc1)C(=O)O. The fourth-order valence-electron chi connectivity index (χ4n) is 2.53. The van der Waals surface area contributed by atoms with Crippen molar-refractivity contribution < 1.29 is 37.9 Å². The molecule has 2 aromatic rings.